The summed E-state index contributed by atoms with van der Waals surface area (Å²) in [6.07, 6.45) is 8.32. The zero-order valence-corrected chi connectivity index (χ0v) is 23.3. The van der Waals surface area contributed by atoms with Gasteiger partial charge in [-0.3, -0.25) is 13.9 Å². The lowest BCUT2D eigenvalue weighted by atomic mass is 9.62. The molecule has 0 aromatic carbocycles. The van der Waals surface area contributed by atoms with Crippen LogP contribution >= 0.6 is 0 Å². The standard InChI is InChI=1S/C30H43F3N4O2/c1-19-6-5-11-35(14-19)15-21-12-25(30(31,32)33)26-17-36(29(38)37(26)16-21)24-10-4-9-23(13-24)27(22-7-3-8-22)28-20(2)18-39-34-28/h12,16-17,19-20,22-24,27-28,34H,3-11,13-15,18H2,1-2H3/t19-,20?,23?,24?,27-,28?/m0/s1. The molecule has 4 fully saturated rings. The van der Waals surface area contributed by atoms with Gasteiger partial charge in [0.25, 0.3) is 0 Å². The molecule has 0 bridgehead atoms. The molecule has 1 N–H and O–H groups in total. The largest absolute Gasteiger partial charge is 0.418 e. The molecule has 2 aromatic heterocycles. The van der Waals surface area contributed by atoms with E-state index in [-0.39, 0.29) is 17.2 Å². The van der Waals surface area contributed by atoms with Crippen LogP contribution < -0.4 is 11.2 Å². The van der Waals surface area contributed by atoms with Crippen molar-refractivity contribution in [1.29, 1.82) is 0 Å². The maximum absolute atomic E-state index is 14.3. The summed E-state index contributed by atoms with van der Waals surface area (Å²) in [6.45, 7) is 7.33. The third-order valence-electron chi connectivity index (χ3n) is 10.2. The van der Waals surface area contributed by atoms with Gasteiger partial charge in [-0.25, -0.2) is 4.79 Å². The highest BCUT2D eigenvalue weighted by Gasteiger charge is 2.44. The number of nitrogens with zero attached hydrogens (tertiary/aromatic N) is 3. The van der Waals surface area contributed by atoms with Crippen LogP contribution in [0.2, 0.25) is 0 Å². The Morgan fingerprint density at radius 3 is 2.49 bits per heavy atom. The van der Waals surface area contributed by atoms with Gasteiger partial charge in [0.1, 0.15) is 0 Å². The van der Waals surface area contributed by atoms with E-state index >= 15 is 0 Å². The van der Waals surface area contributed by atoms with Crippen molar-refractivity contribution in [3.05, 3.63) is 40.1 Å². The first kappa shape index (κ1) is 27.3. The number of aromatic nitrogens is 2. The number of pyridine rings is 1. The van der Waals surface area contributed by atoms with Crippen molar-refractivity contribution in [2.75, 3.05) is 19.7 Å². The van der Waals surface area contributed by atoms with Crippen molar-refractivity contribution in [2.45, 2.75) is 96.4 Å². The summed E-state index contributed by atoms with van der Waals surface area (Å²) < 4.78 is 45.7. The molecular formula is C30H43F3N4O2. The molecule has 6 nitrogen and oxygen atoms in total. The van der Waals surface area contributed by atoms with Crippen molar-refractivity contribution >= 4 is 5.52 Å². The van der Waals surface area contributed by atoms with E-state index in [9.17, 15) is 18.0 Å². The number of likely N-dealkylation sites (tertiary alicyclic amines) is 1. The maximum Gasteiger partial charge on any atom is 0.418 e. The normalized spacial score (nSPS) is 32.0. The number of alkyl halides is 3. The van der Waals surface area contributed by atoms with Crippen LogP contribution in [0.4, 0.5) is 13.2 Å². The van der Waals surface area contributed by atoms with Crippen LogP contribution in [0.5, 0.6) is 0 Å². The molecule has 9 heteroatoms. The van der Waals surface area contributed by atoms with Gasteiger partial charge >= 0.3 is 11.9 Å². The molecule has 0 spiro atoms. The molecular weight excluding hydrogens is 505 g/mol. The second-order valence-corrected chi connectivity index (χ2v) is 13.1. The summed E-state index contributed by atoms with van der Waals surface area (Å²) >= 11 is 0. The van der Waals surface area contributed by atoms with Gasteiger partial charge in [-0.2, -0.15) is 18.7 Å². The SMILES string of the molecule is CC1CONC1[C@@H](C1CCC1)C1CCCC(n2cc3c(C(F)(F)F)cc(CN4CCC[C@H](C)C4)cn3c2=O)C1. The van der Waals surface area contributed by atoms with Crippen LogP contribution in [0, 0.1) is 29.6 Å². The van der Waals surface area contributed by atoms with Gasteiger partial charge in [-0.1, -0.05) is 39.5 Å². The van der Waals surface area contributed by atoms with E-state index in [1.54, 1.807) is 10.8 Å². The number of hydrogen-bond donors (Lipinski definition) is 1. The Morgan fingerprint density at radius 2 is 1.82 bits per heavy atom. The Kier molecular flexibility index (Phi) is 7.61. The quantitative estimate of drug-likeness (QED) is 0.478. The summed E-state index contributed by atoms with van der Waals surface area (Å²) in [4.78, 5) is 21.5. The number of rotatable bonds is 6. The third-order valence-corrected chi connectivity index (χ3v) is 10.2. The Labute approximate surface area is 228 Å². The number of piperidine rings is 1. The predicted octanol–water partition coefficient (Wildman–Crippen LogP) is 6.04. The summed E-state index contributed by atoms with van der Waals surface area (Å²) in [6, 6.07) is 1.49. The molecule has 2 aliphatic heterocycles. The van der Waals surface area contributed by atoms with Gasteiger partial charge < -0.3 is 4.84 Å². The number of halogens is 3. The monoisotopic (exact) mass is 548 g/mol. The fourth-order valence-electron chi connectivity index (χ4n) is 8.08. The zero-order chi connectivity index (χ0) is 27.3. The Balaban J connectivity index is 1.31. The summed E-state index contributed by atoms with van der Waals surface area (Å²) in [5.41, 5.74) is 2.78. The van der Waals surface area contributed by atoms with Crippen molar-refractivity contribution < 1.29 is 18.0 Å². The highest BCUT2D eigenvalue weighted by atomic mass is 19.4. The average molecular weight is 549 g/mol. The fraction of sp³-hybridized carbons (Fsp3) is 0.767. The first-order valence-electron chi connectivity index (χ1n) is 15.1. The molecule has 2 aromatic rings. The molecule has 39 heavy (non-hydrogen) atoms. The van der Waals surface area contributed by atoms with Crippen LogP contribution in [-0.4, -0.2) is 39.6 Å². The van der Waals surface area contributed by atoms with E-state index in [4.69, 9.17) is 4.84 Å². The van der Waals surface area contributed by atoms with E-state index in [2.05, 4.69) is 24.2 Å². The Morgan fingerprint density at radius 1 is 1.05 bits per heavy atom. The highest BCUT2D eigenvalue weighted by Crippen LogP contribution is 2.48. The van der Waals surface area contributed by atoms with Crippen LogP contribution in [0.3, 0.4) is 0 Å². The summed E-state index contributed by atoms with van der Waals surface area (Å²) in [5.74, 6) is 2.55. The molecule has 4 aliphatic rings. The van der Waals surface area contributed by atoms with Gasteiger partial charge in [0.05, 0.1) is 17.7 Å². The molecule has 216 valence electrons. The molecule has 4 heterocycles. The van der Waals surface area contributed by atoms with Gasteiger partial charge in [0.2, 0.25) is 0 Å². The Hall–Kier alpha value is -1.84. The lowest BCUT2D eigenvalue weighted by Crippen LogP contribution is -2.46. The number of imidazole rings is 1. The highest BCUT2D eigenvalue weighted by molar-refractivity contribution is 5.56. The van der Waals surface area contributed by atoms with Gasteiger partial charge in [0.15, 0.2) is 0 Å². The second kappa shape index (κ2) is 10.9. The minimum Gasteiger partial charge on any atom is -0.301 e. The minimum atomic E-state index is -4.52. The smallest absolute Gasteiger partial charge is 0.301 e. The molecule has 0 amide bonds. The Bertz CT molecular complexity index is 1220. The lowest BCUT2D eigenvalue weighted by Gasteiger charge is -2.45. The first-order valence-corrected chi connectivity index (χ1v) is 15.1. The molecule has 0 radical (unpaired) electrons. The van der Waals surface area contributed by atoms with Crippen LogP contribution in [0.25, 0.3) is 5.52 Å². The number of fused-ring (bicyclic) bond motifs is 1. The van der Waals surface area contributed by atoms with Crippen molar-refractivity contribution in [1.82, 2.24) is 19.3 Å². The molecule has 6 atom stereocenters. The van der Waals surface area contributed by atoms with E-state index in [0.29, 0.717) is 54.3 Å². The van der Waals surface area contributed by atoms with Crippen molar-refractivity contribution in [3.63, 3.8) is 0 Å². The lowest BCUT2D eigenvalue weighted by molar-refractivity contribution is -0.136. The zero-order valence-electron chi connectivity index (χ0n) is 23.3. The number of hydroxylamine groups is 1. The predicted molar refractivity (Wildman–Crippen MR) is 144 cm³/mol. The topological polar surface area (TPSA) is 50.9 Å². The van der Waals surface area contributed by atoms with Crippen molar-refractivity contribution in [3.8, 4) is 0 Å². The minimum absolute atomic E-state index is 0.0274. The van der Waals surface area contributed by atoms with Crippen LogP contribution in [0.15, 0.2) is 23.3 Å². The maximum atomic E-state index is 14.3. The van der Waals surface area contributed by atoms with E-state index < -0.39 is 11.7 Å². The average Bonchev–Trinajstić information content (AvgIpc) is 3.43. The molecule has 2 aliphatic carbocycles. The third kappa shape index (κ3) is 5.43. The van der Waals surface area contributed by atoms with E-state index in [1.165, 1.54) is 35.9 Å². The first-order chi connectivity index (χ1) is 18.7. The number of nitrogens with one attached hydrogen (secondary N) is 1. The summed E-state index contributed by atoms with van der Waals surface area (Å²) in [5, 5.41) is 0. The fourth-order valence-corrected chi connectivity index (χ4v) is 8.08. The molecule has 4 unspecified atom stereocenters. The molecule has 6 rings (SSSR count). The van der Waals surface area contributed by atoms with E-state index in [1.807, 2.05) is 0 Å². The van der Waals surface area contributed by atoms with Gasteiger partial charge in [-0.05, 0) is 79.9 Å². The van der Waals surface area contributed by atoms with Gasteiger partial charge in [0, 0.05) is 37.6 Å². The van der Waals surface area contributed by atoms with Crippen molar-refractivity contribution in [2.24, 2.45) is 29.6 Å². The molecule has 2 saturated heterocycles. The molecule has 2 saturated carbocycles. The second-order valence-electron chi connectivity index (χ2n) is 13.1. The van der Waals surface area contributed by atoms with Gasteiger partial charge in [-0.15, -0.1) is 0 Å². The number of hydrogen-bond acceptors (Lipinski definition) is 4. The summed E-state index contributed by atoms with van der Waals surface area (Å²) in [7, 11) is 0. The van der Waals surface area contributed by atoms with Crippen LogP contribution in [0.1, 0.15) is 88.8 Å². The van der Waals surface area contributed by atoms with Crippen LogP contribution in [-0.2, 0) is 17.6 Å². The van der Waals surface area contributed by atoms with E-state index in [0.717, 1.165) is 51.6 Å².